The van der Waals surface area contributed by atoms with Gasteiger partial charge in [0, 0.05) is 18.6 Å². The topological polar surface area (TPSA) is 65.8 Å². The Morgan fingerprint density at radius 2 is 2.10 bits per heavy atom. The molecule has 0 atom stereocenters. The predicted octanol–water partition coefficient (Wildman–Crippen LogP) is 3.08. The third-order valence-electron chi connectivity index (χ3n) is 2.81. The van der Waals surface area contributed by atoms with Crippen LogP contribution in [-0.2, 0) is 4.79 Å². The van der Waals surface area contributed by atoms with E-state index >= 15 is 0 Å². The number of carbonyl (C=O) groups is 1. The second-order valence-corrected chi connectivity index (χ2v) is 6.16. The molecule has 1 aromatic heterocycles. The average molecular weight is 317 g/mol. The van der Waals surface area contributed by atoms with Crippen molar-refractivity contribution in [2.75, 3.05) is 7.05 Å². The highest BCUT2D eigenvalue weighted by Crippen LogP contribution is 2.33. The second-order valence-electron chi connectivity index (χ2n) is 4.28. The van der Waals surface area contributed by atoms with Gasteiger partial charge in [-0.15, -0.1) is 11.3 Å². The molecular formula is C14H11N3O2S2. The Morgan fingerprint density at radius 3 is 2.76 bits per heavy atom. The van der Waals surface area contributed by atoms with Crippen molar-refractivity contribution in [3.63, 3.8) is 0 Å². The third-order valence-corrected chi connectivity index (χ3v) is 4.53. The summed E-state index contributed by atoms with van der Waals surface area (Å²) < 4.78 is 0. The van der Waals surface area contributed by atoms with Crippen LogP contribution in [0.25, 0.3) is 6.08 Å². The van der Waals surface area contributed by atoms with Gasteiger partial charge in [-0.05, 0) is 35.5 Å². The minimum Gasteiger partial charge on any atom is -0.508 e. The van der Waals surface area contributed by atoms with Gasteiger partial charge >= 0.3 is 0 Å². The number of amides is 1. The van der Waals surface area contributed by atoms with Gasteiger partial charge in [0.05, 0.1) is 4.91 Å². The molecule has 21 heavy (non-hydrogen) atoms. The molecule has 0 radical (unpaired) electrons. The van der Waals surface area contributed by atoms with Crippen LogP contribution in [0, 0.1) is 0 Å². The largest absolute Gasteiger partial charge is 0.508 e. The Bertz CT molecular complexity index is 721. The van der Waals surface area contributed by atoms with Crippen LogP contribution in [0.3, 0.4) is 0 Å². The van der Waals surface area contributed by atoms with E-state index in [4.69, 9.17) is 0 Å². The summed E-state index contributed by atoms with van der Waals surface area (Å²) in [5.74, 6) is 0.106. The van der Waals surface area contributed by atoms with Gasteiger partial charge in [-0.3, -0.25) is 9.69 Å². The van der Waals surface area contributed by atoms with Gasteiger partial charge in [0.15, 0.2) is 5.17 Å². The SMILES string of the molecule is CN1C(=O)/C(=C/c2ccc(O)cc2)S/C1=N/c1nccs1. The van der Waals surface area contributed by atoms with E-state index in [1.165, 1.54) is 28.0 Å². The number of rotatable bonds is 2. The zero-order valence-electron chi connectivity index (χ0n) is 11.1. The lowest BCUT2D eigenvalue weighted by Gasteiger charge is -2.05. The summed E-state index contributed by atoms with van der Waals surface area (Å²) >= 11 is 2.74. The fraction of sp³-hybridized carbons (Fsp3) is 0.0714. The Kier molecular flexibility index (Phi) is 3.76. The van der Waals surface area contributed by atoms with E-state index < -0.39 is 0 Å². The standard InChI is InChI=1S/C14H11N3O2S2/c1-17-12(19)11(8-9-2-4-10(18)5-3-9)21-14(17)16-13-15-6-7-20-13/h2-8,18H,1H3/b11-8-,16-14+. The minimum atomic E-state index is -0.0941. The highest BCUT2D eigenvalue weighted by atomic mass is 32.2. The summed E-state index contributed by atoms with van der Waals surface area (Å²) in [5.41, 5.74) is 0.854. The molecule has 0 aliphatic carbocycles. The van der Waals surface area contributed by atoms with Crippen LogP contribution in [0.5, 0.6) is 5.75 Å². The number of hydrogen-bond donors (Lipinski definition) is 1. The first-order chi connectivity index (χ1) is 10.1. The molecule has 1 aromatic carbocycles. The van der Waals surface area contributed by atoms with Crippen molar-refractivity contribution in [2.45, 2.75) is 0 Å². The number of carbonyl (C=O) groups excluding carboxylic acids is 1. The lowest BCUT2D eigenvalue weighted by molar-refractivity contribution is -0.121. The second kappa shape index (κ2) is 5.71. The number of aromatic nitrogens is 1. The van der Waals surface area contributed by atoms with Crippen LogP contribution in [-0.4, -0.2) is 33.1 Å². The molecule has 2 heterocycles. The highest BCUT2D eigenvalue weighted by molar-refractivity contribution is 8.18. The molecule has 3 rings (SSSR count). The molecule has 5 nitrogen and oxygen atoms in total. The van der Waals surface area contributed by atoms with E-state index in [0.29, 0.717) is 15.2 Å². The Morgan fingerprint density at radius 1 is 1.33 bits per heavy atom. The number of benzene rings is 1. The van der Waals surface area contributed by atoms with Gasteiger partial charge in [-0.2, -0.15) is 4.99 Å². The molecule has 1 aliphatic rings. The van der Waals surface area contributed by atoms with Crippen LogP contribution in [0.1, 0.15) is 5.56 Å². The van der Waals surface area contributed by atoms with Crippen LogP contribution in [0.4, 0.5) is 5.13 Å². The summed E-state index contributed by atoms with van der Waals surface area (Å²) in [7, 11) is 1.69. The zero-order chi connectivity index (χ0) is 14.8. The van der Waals surface area contributed by atoms with Crippen molar-refractivity contribution in [2.24, 2.45) is 4.99 Å². The van der Waals surface area contributed by atoms with Crippen molar-refractivity contribution in [3.8, 4) is 5.75 Å². The number of amidine groups is 1. The molecule has 1 aliphatic heterocycles. The quantitative estimate of drug-likeness (QED) is 0.865. The van der Waals surface area contributed by atoms with Gasteiger partial charge in [-0.1, -0.05) is 12.1 Å². The first-order valence-electron chi connectivity index (χ1n) is 6.08. The summed E-state index contributed by atoms with van der Waals surface area (Å²) in [6.45, 7) is 0. The molecule has 0 spiro atoms. The number of thiazole rings is 1. The van der Waals surface area contributed by atoms with Gasteiger partial charge in [0.25, 0.3) is 5.91 Å². The molecule has 106 valence electrons. The fourth-order valence-electron chi connectivity index (χ4n) is 1.73. The van der Waals surface area contributed by atoms with Crippen LogP contribution in [0.15, 0.2) is 45.7 Å². The lowest BCUT2D eigenvalue weighted by atomic mass is 10.2. The van der Waals surface area contributed by atoms with Crippen LogP contribution in [0.2, 0.25) is 0 Å². The van der Waals surface area contributed by atoms with E-state index in [1.54, 1.807) is 43.6 Å². The van der Waals surface area contributed by atoms with E-state index in [0.717, 1.165) is 5.56 Å². The third kappa shape index (κ3) is 2.98. The van der Waals surface area contributed by atoms with Gasteiger partial charge in [0.2, 0.25) is 5.13 Å². The number of phenols is 1. The lowest BCUT2D eigenvalue weighted by Crippen LogP contribution is -2.23. The molecule has 0 bridgehead atoms. The Labute approximate surface area is 129 Å². The van der Waals surface area contributed by atoms with Gasteiger partial charge in [-0.25, -0.2) is 4.98 Å². The number of aromatic hydroxyl groups is 1. The van der Waals surface area contributed by atoms with E-state index in [2.05, 4.69) is 9.98 Å². The predicted molar refractivity (Wildman–Crippen MR) is 85.7 cm³/mol. The molecular weight excluding hydrogens is 306 g/mol. The monoisotopic (exact) mass is 317 g/mol. The molecule has 1 amide bonds. The van der Waals surface area contributed by atoms with E-state index in [9.17, 15) is 9.90 Å². The van der Waals surface area contributed by atoms with Gasteiger partial charge in [0.1, 0.15) is 5.75 Å². The first-order valence-corrected chi connectivity index (χ1v) is 7.78. The molecule has 0 saturated carbocycles. The van der Waals surface area contributed by atoms with E-state index in [-0.39, 0.29) is 11.7 Å². The Hall–Kier alpha value is -2.12. The number of thioether (sulfide) groups is 1. The van der Waals surface area contributed by atoms with Gasteiger partial charge < -0.3 is 5.11 Å². The number of hydrogen-bond acceptors (Lipinski definition) is 6. The smallest absolute Gasteiger partial charge is 0.266 e. The van der Waals surface area contributed by atoms with E-state index in [1.807, 2.05) is 5.38 Å². The van der Waals surface area contributed by atoms with Crippen molar-refractivity contribution in [1.82, 2.24) is 9.88 Å². The fourth-order valence-corrected chi connectivity index (χ4v) is 3.26. The summed E-state index contributed by atoms with van der Waals surface area (Å²) in [6, 6.07) is 6.69. The molecule has 1 saturated heterocycles. The Balaban J connectivity index is 1.88. The number of aliphatic imine (C=N–C) groups is 1. The highest BCUT2D eigenvalue weighted by Gasteiger charge is 2.30. The molecule has 1 fully saturated rings. The molecule has 7 heteroatoms. The maximum atomic E-state index is 12.2. The molecule has 0 unspecified atom stereocenters. The maximum Gasteiger partial charge on any atom is 0.266 e. The summed E-state index contributed by atoms with van der Waals surface area (Å²) in [4.78, 5) is 22.8. The number of nitrogens with zero attached hydrogens (tertiary/aromatic N) is 3. The number of likely N-dealkylation sites (N-methyl/N-ethyl adjacent to an activating group) is 1. The molecule has 1 N–H and O–H groups in total. The first kappa shape index (κ1) is 13.8. The molecule has 2 aromatic rings. The van der Waals surface area contributed by atoms with Crippen molar-refractivity contribution < 1.29 is 9.90 Å². The van der Waals surface area contributed by atoms with Crippen molar-refractivity contribution in [1.29, 1.82) is 0 Å². The van der Waals surface area contributed by atoms with Crippen LogP contribution < -0.4 is 0 Å². The maximum absolute atomic E-state index is 12.2. The summed E-state index contributed by atoms with van der Waals surface area (Å²) in [5, 5.41) is 12.4. The summed E-state index contributed by atoms with van der Waals surface area (Å²) in [6.07, 6.45) is 3.46. The normalized spacial score (nSPS) is 18.9. The van der Waals surface area contributed by atoms with Crippen molar-refractivity contribution in [3.05, 3.63) is 46.3 Å². The minimum absolute atomic E-state index is 0.0941. The average Bonchev–Trinajstić information content (AvgIpc) is 3.07. The van der Waals surface area contributed by atoms with Crippen molar-refractivity contribution >= 4 is 45.4 Å². The number of phenolic OH excluding ortho intramolecular Hbond substituents is 1. The van der Waals surface area contributed by atoms with Crippen LogP contribution >= 0.6 is 23.1 Å². The zero-order valence-corrected chi connectivity index (χ0v) is 12.7.